The average molecular weight is 262 g/mol. The molecule has 0 radical (unpaired) electrons. The van der Waals surface area contributed by atoms with Gasteiger partial charge in [0.15, 0.2) is 11.0 Å². The molecule has 1 aromatic heterocycles. The van der Waals surface area contributed by atoms with E-state index in [1.165, 1.54) is 0 Å². The molecule has 86 valence electrons. The maximum Gasteiger partial charge on any atom is 0.245 e. The molecule has 1 aromatic rings. The van der Waals surface area contributed by atoms with Gasteiger partial charge in [-0.3, -0.25) is 4.79 Å². The molecule has 0 N–H and O–H groups in total. The Kier molecular flexibility index (Phi) is 3.11. The first-order valence-electron chi connectivity index (χ1n) is 4.62. The molecule has 0 aromatic carbocycles. The third kappa shape index (κ3) is 2.17. The second-order valence-corrected chi connectivity index (χ2v) is 4.13. The maximum atomic E-state index is 11.5. The third-order valence-electron chi connectivity index (χ3n) is 2.36. The molecular weight excluding hydrogens is 253 g/mol. The lowest BCUT2D eigenvalue weighted by atomic mass is 10.3. The molecule has 0 aliphatic carbocycles. The first-order valence-corrected chi connectivity index (χ1v) is 5.38. The molecule has 8 heteroatoms. The maximum absolute atomic E-state index is 11.5. The Morgan fingerprint density at radius 3 is 2.69 bits per heavy atom. The zero-order chi connectivity index (χ0) is 11.7. The van der Waals surface area contributed by atoms with E-state index in [1.807, 2.05) is 0 Å². The highest BCUT2D eigenvalue weighted by molar-refractivity contribution is 6.32. The number of hydrogen-bond donors (Lipinski definition) is 0. The van der Waals surface area contributed by atoms with E-state index in [-0.39, 0.29) is 22.9 Å². The van der Waals surface area contributed by atoms with Gasteiger partial charge < -0.3 is 9.80 Å². The number of carbonyl (C=O) groups is 1. The van der Waals surface area contributed by atoms with Crippen molar-refractivity contribution in [3.05, 3.63) is 10.4 Å². The number of carbonyl (C=O) groups excluding carboxylic acids is 1. The summed E-state index contributed by atoms with van der Waals surface area (Å²) in [6.45, 7) is 1.50. The summed E-state index contributed by atoms with van der Waals surface area (Å²) in [7, 11) is 1.76. The van der Waals surface area contributed by atoms with Gasteiger partial charge in [0.05, 0.1) is 6.54 Å². The van der Waals surface area contributed by atoms with Crippen LogP contribution < -0.4 is 4.90 Å². The van der Waals surface area contributed by atoms with Gasteiger partial charge in [-0.1, -0.05) is 11.6 Å². The van der Waals surface area contributed by atoms with Crippen LogP contribution in [0.5, 0.6) is 0 Å². The van der Waals surface area contributed by atoms with Gasteiger partial charge in [-0.05, 0) is 11.6 Å². The predicted molar refractivity (Wildman–Crippen MR) is 59.7 cm³/mol. The average Bonchev–Trinajstić information content (AvgIpc) is 2.26. The normalized spacial score (nSPS) is 16.8. The van der Waals surface area contributed by atoms with E-state index in [4.69, 9.17) is 23.2 Å². The third-order valence-corrected chi connectivity index (χ3v) is 2.76. The van der Waals surface area contributed by atoms with Gasteiger partial charge in [0.25, 0.3) is 0 Å². The van der Waals surface area contributed by atoms with Crippen molar-refractivity contribution in [2.45, 2.75) is 0 Å². The van der Waals surface area contributed by atoms with Crippen LogP contribution in [-0.2, 0) is 4.79 Å². The van der Waals surface area contributed by atoms with Crippen molar-refractivity contribution in [3.8, 4) is 0 Å². The van der Waals surface area contributed by atoms with Crippen molar-refractivity contribution >= 4 is 34.9 Å². The molecule has 1 aliphatic heterocycles. The summed E-state index contributed by atoms with van der Waals surface area (Å²) in [4.78, 5) is 18.9. The molecule has 0 atom stereocenters. The fourth-order valence-corrected chi connectivity index (χ4v) is 1.74. The molecule has 1 amide bonds. The zero-order valence-corrected chi connectivity index (χ0v) is 10.0. The van der Waals surface area contributed by atoms with Crippen LogP contribution in [0.4, 0.5) is 5.82 Å². The van der Waals surface area contributed by atoms with Crippen molar-refractivity contribution in [2.75, 3.05) is 31.6 Å². The fraction of sp³-hybridized carbons (Fsp3) is 0.500. The molecular formula is C8H9Cl2N5O. The minimum absolute atomic E-state index is 0.0112. The number of piperazine rings is 1. The van der Waals surface area contributed by atoms with Crippen molar-refractivity contribution < 1.29 is 4.79 Å². The van der Waals surface area contributed by atoms with Crippen LogP contribution in [-0.4, -0.2) is 52.7 Å². The van der Waals surface area contributed by atoms with Crippen molar-refractivity contribution in [1.82, 2.24) is 20.1 Å². The van der Waals surface area contributed by atoms with Crippen molar-refractivity contribution in [1.29, 1.82) is 0 Å². The van der Waals surface area contributed by atoms with Gasteiger partial charge in [0.1, 0.15) is 0 Å². The van der Waals surface area contributed by atoms with E-state index in [1.54, 1.807) is 16.8 Å². The van der Waals surface area contributed by atoms with E-state index < -0.39 is 0 Å². The highest BCUT2D eigenvalue weighted by Gasteiger charge is 2.24. The summed E-state index contributed by atoms with van der Waals surface area (Å²) >= 11 is 11.5. The van der Waals surface area contributed by atoms with Gasteiger partial charge in [0.2, 0.25) is 11.2 Å². The summed E-state index contributed by atoms with van der Waals surface area (Å²) in [5, 5.41) is 7.34. The Hall–Kier alpha value is -1.14. The summed E-state index contributed by atoms with van der Waals surface area (Å²) in [5.41, 5.74) is 0. The van der Waals surface area contributed by atoms with Gasteiger partial charge in [-0.15, -0.1) is 10.2 Å². The number of anilines is 1. The number of rotatable bonds is 1. The highest BCUT2D eigenvalue weighted by Crippen LogP contribution is 2.22. The quantitative estimate of drug-likeness (QED) is 0.735. The van der Waals surface area contributed by atoms with Crippen LogP contribution in [0, 0.1) is 0 Å². The Labute approximate surface area is 102 Å². The lowest BCUT2D eigenvalue weighted by Gasteiger charge is -2.32. The van der Waals surface area contributed by atoms with E-state index in [2.05, 4.69) is 15.2 Å². The van der Waals surface area contributed by atoms with E-state index in [0.717, 1.165) is 0 Å². The summed E-state index contributed by atoms with van der Waals surface area (Å²) in [6.07, 6.45) is 0. The Morgan fingerprint density at radius 1 is 1.25 bits per heavy atom. The minimum atomic E-state index is 0.0112. The number of aromatic nitrogens is 3. The van der Waals surface area contributed by atoms with E-state index >= 15 is 0 Å². The summed E-state index contributed by atoms with van der Waals surface area (Å²) in [6, 6.07) is 0. The molecule has 0 unspecified atom stereocenters. The summed E-state index contributed by atoms with van der Waals surface area (Å²) < 4.78 is 0. The van der Waals surface area contributed by atoms with Crippen LogP contribution in [0.25, 0.3) is 0 Å². The first kappa shape index (κ1) is 11.3. The van der Waals surface area contributed by atoms with Crippen LogP contribution >= 0.6 is 23.2 Å². The van der Waals surface area contributed by atoms with E-state index in [9.17, 15) is 4.79 Å². The Balaban J connectivity index is 2.24. The lowest BCUT2D eigenvalue weighted by molar-refractivity contribution is -0.129. The topological polar surface area (TPSA) is 62.2 Å². The molecule has 0 saturated carbocycles. The Bertz CT molecular complexity index is 427. The van der Waals surface area contributed by atoms with Crippen molar-refractivity contribution in [3.63, 3.8) is 0 Å². The van der Waals surface area contributed by atoms with Gasteiger partial charge in [-0.25, -0.2) is 0 Å². The summed E-state index contributed by atoms with van der Waals surface area (Å²) in [5.74, 6) is 0.417. The molecule has 6 nitrogen and oxygen atoms in total. The standard InChI is InChI=1S/C8H9Cl2N5O/c1-14-2-3-15(4-5(14)16)7-6(9)12-13-8(10)11-7/h2-4H2,1H3. The van der Waals surface area contributed by atoms with Gasteiger partial charge >= 0.3 is 0 Å². The molecule has 2 heterocycles. The largest absolute Gasteiger partial charge is 0.343 e. The minimum Gasteiger partial charge on any atom is -0.343 e. The smallest absolute Gasteiger partial charge is 0.245 e. The number of halogens is 2. The molecule has 16 heavy (non-hydrogen) atoms. The van der Waals surface area contributed by atoms with Gasteiger partial charge in [-0.2, -0.15) is 4.98 Å². The number of likely N-dealkylation sites (N-methyl/N-ethyl adjacent to an activating group) is 1. The molecule has 0 bridgehead atoms. The number of nitrogens with zero attached hydrogens (tertiary/aromatic N) is 5. The predicted octanol–water partition coefficient (Wildman–Crippen LogP) is 0.457. The first-order chi connectivity index (χ1) is 7.58. The van der Waals surface area contributed by atoms with Gasteiger partial charge in [0, 0.05) is 20.1 Å². The lowest BCUT2D eigenvalue weighted by Crippen LogP contribution is -2.49. The monoisotopic (exact) mass is 261 g/mol. The molecule has 1 saturated heterocycles. The van der Waals surface area contributed by atoms with E-state index in [0.29, 0.717) is 18.9 Å². The second kappa shape index (κ2) is 4.39. The van der Waals surface area contributed by atoms with Crippen LogP contribution in [0.15, 0.2) is 0 Å². The Morgan fingerprint density at radius 2 is 2.00 bits per heavy atom. The zero-order valence-electron chi connectivity index (χ0n) is 8.52. The molecule has 2 rings (SSSR count). The molecule has 0 spiro atoms. The van der Waals surface area contributed by atoms with Crippen molar-refractivity contribution in [2.24, 2.45) is 0 Å². The van der Waals surface area contributed by atoms with Crippen LogP contribution in [0.2, 0.25) is 10.4 Å². The molecule has 1 fully saturated rings. The van der Waals surface area contributed by atoms with Crippen LogP contribution in [0.1, 0.15) is 0 Å². The van der Waals surface area contributed by atoms with Crippen LogP contribution in [0.3, 0.4) is 0 Å². The number of amides is 1. The highest BCUT2D eigenvalue weighted by atomic mass is 35.5. The second-order valence-electron chi connectivity index (χ2n) is 3.43. The SMILES string of the molecule is CN1CCN(c2nc(Cl)nnc2Cl)CC1=O. The fourth-order valence-electron chi connectivity index (χ4n) is 1.43. The molecule has 1 aliphatic rings. The number of hydrogen-bond acceptors (Lipinski definition) is 5.